The Bertz CT molecular complexity index is 616. The van der Waals surface area contributed by atoms with Gasteiger partial charge in [-0.2, -0.15) is 0 Å². The second kappa shape index (κ2) is 7.88. The molecule has 1 heterocycles. The Morgan fingerprint density at radius 3 is 2.78 bits per heavy atom. The van der Waals surface area contributed by atoms with Crippen LogP contribution in [0, 0.1) is 0 Å². The van der Waals surface area contributed by atoms with E-state index in [0.29, 0.717) is 25.4 Å². The van der Waals surface area contributed by atoms with Crippen LogP contribution in [0.1, 0.15) is 43.5 Å². The van der Waals surface area contributed by atoms with Crippen LogP contribution in [0.15, 0.2) is 24.3 Å². The van der Waals surface area contributed by atoms with Crippen molar-refractivity contribution in [3.05, 3.63) is 29.3 Å². The number of rotatable bonds is 6. The van der Waals surface area contributed by atoms with E-state index in [4.69, 9.17) is 0 Å². The number of aliphatic hydroxyl groups excluding tert-OH is 1. The molecule has 0 saturated heterocycles. The van der Waals surface area contributed by atoms with E-state index < -0.39 is 0 Å². The smallest absolute Gasteiger partial charge is 0.223 e. The van der Waals surface area contributed by atoms with E-state index >= 15 is 0 Å². The molecule has 3 rings (SSSR count). The fraction of sp³-hybridized carbons (Fsp3) is 0.556. The molecule has 1 amide bonds. The van der Waals surface area contributed by atoms with E-state index in [1.54, 1.807) is 11.3 Å². The summed E-state index contributed by atoms with van der Waals surface area (Å²) in [7, 11) is 0. The SMILES string of the molecule is O=C(CCc1nc2ccccc2s1)N(CCO)C1CCCCC1. The highest BCUT2D eigenvalue weighted by atomic mass is 32.1. The second-order valence-corrected chi connectivity index (χ2v) is 7.29. The minimum Gasteiger partial charge on any atom is -0.395 e. The summed E-state index contributed by atoms with van der Waals surface area (Å²) < 4.78 is 1.18. The number of nitrogens with zero attached hydrogens (tertiary/aromatic N) is 2. The van der Waals surface area contributed by atoms with Crippen LogP contribution in [-0.2, 0) is 11.2 Å². The molecule has 0 spiro atoms. The van der Waals surface area contributed by atoms with Crippen LogP contribution in [-0.4, -0.2) is 40.1 Å². The number of benzene rings is 1. The van der Waals surface area contributed by atoms with E-state index in [1.165, 1.54) is 24.0 Å². The molecule has 0 unspecified atom stereocenters. The summed E-state index contributed by atoms with van der Waals surface area (Å²) in [6.07, 6.45) is 6.97. The number of hydrogen-bond donors (Lipinski definition) is 1. The molecule has 1 aromatic carbocycles. The number of aliphatic hydroxyl groups is 1. The van der Waals surface area contributed by atoms with Crippen molar-refractivity contribution >= 4 is 27.5 Å². The van der Waals surface area contributed by atoms with Crippen LogP contribution in [0.5, 0.6) is 0 Å². The minimum atomic E-state index is 0.0450. The molecule has 2 aromatic rings. The highest BCUT2D eigenvalue weighted by Gasteiger charge is 2.24. The predicted molar refractivity (Wildman–Crippen MR) is 93.6 cm³/mol. The van der Waals surface area contributed by atoms with Crippen LogP contribution < -0.4 is 0 Å². The Balaban J connectivity index is 1.61. The van der Waals surface area contributed by atoms with Gasteiger partial charge < -0.3 is 10.0 Å². The molecule has 0 bridgehead atoms. The molecule has 1 N–H and O–H groups in total. The summed E-state index contributed by atoms with van der Waals surface area (Å²) >= 11 is 1.67. The van der Waals surface area contributed by atoms with Gasteiger partial charge in [0.1, 0.15) is 0 Å². The Kier molecular flexibility index (Phi) is 5.62. The van der Waals surface area contributed by atoms with Gasteiger partial charge in [0.25, 0.3) is 0 Å². The maximum atomic E-state index is 12.6. The Morgan fingerprint density at radius 2 is 2.04 bits per heavy atom. The van der Waals surface area contributed by atoms with E-state index in [9.17, 15) is 9.90 Å². The fourth-order valence-corrected chi connectivity index (χ4v) is 4.36. The molecule has 0 aliphatic heterocycles. The number of aromatic nitrogens is 1. The summed E-state index contributed by atoms with van der Waals surface area (Å²) in [5.74, 6) is 0.158. The van der Waals surface area contributed by atoms with Crippen molar-refractivity contribution < 1.29 is 9.90 Å². The molecule has 5 heteroatoms. The number of amides is 1. The molecule has 0 atom stereocenters. The lowest BCUT2D eigenvalue weighted by Crippen LogP contribution is -2.43. The van der Waals surface area contributed by atoms with Gasteiger partial charge in [-0.25, -0.2) is 4.98 Å². The normalized spacial score (nSPS) is 15.9. The lowest BCUT2D eigenvalue weighted by molar-refractivity contribution is -0.134. The van der Waals surface area contributed by atoms with Crippen molar-refractivity contribution in [2.45, 2.75) is 51.0 Å². The van der Waals surface area contributed by atoms with Crippen molar-refractivity contribution in [3.8, 4) is 0 Å². The topological polar surface area (TPSA) is 53.4 Å². The van der Waals surface area contributed by atoms with Gasteiger partial charge in [-0.15, -0.1) is 11.3 Å². The Hall–Kier alpha value is -1.46. The number of carbonyl (C=O) groups excluding carboxylic acids is 1. The summed E-state index contributed by atoms with van der Waals surface area (Å²) in [6.45, 7) is 0.507. The van der Waals surface area contributed by atoms with Gasteiger partial charge >= 0.3 is 0 Å². The second-order valence-electron chi connectivity index (χ2n) is 6.18. The maximum Gasteiger partial charge on any atom is 0.223 e. The van der Waals surface area contributed by atoms with Crippen LogP contribution >= 0.6 is 11.3 Å². The molecule has 124 valence electrons. The van der Waals surface area contributed by atoms with Crippen molar-refractivity contribution in [2.24, 2.45) is 0 Å². The van der Waals surface area contributed by atoms with Gasteiger partial charge in [0.15, 0.2) is 0 Å². The molecule has 1 saturated carbocycles. The largest absolute Gasteiger partial charge is 0.395 e. The van der Waals surface area contributed by atoms with Gasteiger partial charge in [0.2, 0.25) is 5.91 Å². The van der Waals surface area contributed by atoms with Crippen LogP contribution in [0.3, 0.4) is 0 Å². The van der Waals surface area contributed by atoms with E-state index in [0.717, 1.165) is 23.4 Å². The molecule has 4 nitrogen and oxygen atoms in total. The first kappa shape index (κ1) is 16.4. The first-order valence-corrected chi connectivity index (χ1v) is 9.34. The monoisotopic (exact) mass is 332 g/mol. The third kappa shape index (κ3) is 4.09. The molecule has 1 aliphatic rings. The number of carbonyl (C=O) groups is 1. The van der Waals surface area contributed by atoms with Gasteiger partial charge in [0, 0.05) is 25.4 Å². The number of thiazole rings is 1. The molecule has 0 radical (unpaired) electrons. The van der Waals surface area contributed by atoms with Crippen LogP contribution in [0.2, 0.25) is 0 Å². The summed E-state index contributed by atoms with van der Waals surface area (Å²) in [4.78, 5) is 19.1. The first-order chi connectivity index (χ1) is 11.3. The van der Waals surface area contributed by atoms with E-state index in [2.05, 4.69) is 11.1 Å². The molecule has 23 heavy (non-hydrogen) atoms. The number of aryl methyl sites for hydroxylation is 1. The molecule has 1 fully saturated rings. The summed E-state index contributed by atoms with van der Waals surface area (Å²) in [5.41, 5.74) is 1.01. The molecule has 1 aromatic heterocycles. The average Bonchev–Trinajstić information content (AvgIpc) is 3.01. The summed E-state index contributed by atoms with van der Waals surface area (Å²) in [5, 5.41) is 10.3. The zero-order valence-electron chi connectivity index (χ0n) is 13.4. The van der Waals surface area contributed by atoms with Crippen molar-refractivity contribution in [3.63, 3.8) is 0 Å². The van der Waals surface area contributed by atoms with Gasteiger partial charge in [-0.05, 0) is 25.0 Å². The third-order valence-corrected chi connectivity index (χ3v) is 5.66. The molecular weight excluding hydrogens is 308 g/mol. The molecular formula is C18H24N2O2S. The lowest BCUT2D eigenvalue weighted by Gasteiger charge is -2.34. The quantitative estimate of drug-likeness (QED) is 0.882. The third-order valence-electron chi connectivity index (χ3n) is 4.57. The zero-order valence-corrected chi connectivity index (χ0v) is 14.2. The van der Waals surface area contributed by atoms with Crippen LogP contribution in [0.25, 0.3) is 10.2 Å². The van der Waals surface area contributed by atoms with Gasteiger partial charge in [-0.1, -0.05) is 31.4 Å². The van der Waals surface area contributed by atoms with Crippen molar-refractivity contribution in [2.75, 3.05) is 13.2 Å². The Labute approximate surface area is 141 Å². The first-order valence-electron chi connectivity index (χ1n) is 8.52. The average molecular weight is 332 g/mol. The maximum absolute atomic E-state index is 12.6. The zero-order chi connectivity index (χ0) is 16.1. The predicted octanol–water partition coefficient (Wildman–Crippen LogP) is 3.38. The minimum absolute atomic E-state index is 0.0450. The Morgan fingerprint density at radius 1 is 1.26 bits per heavy atom. The van der Waals surface area contributed by atoms with Gasteiger partial charge in [0.05, 0.1) is 21.8 Å². The highest BCUT2D eigenvalue weighted by molar-refractivity contribution is 7.18. The van der Waals surface area contributed by atoms with Crippen molar-refractivity contribution in [1.82, 2.24) is 9.88 Å². The standard InChI is InChI=1S/C18H24N2O2S/c21-13-12-20(14-6-2-1-3-7-14)18(22)11-10-17-19-15-8-4-5-9-16(15)23-17/h4-5,8-9,14,21H,1-3,6-7,10-13H2. The summed E-state index contributed by atoms with van der Waals surface area (Å²) in [6, 6.07) is 8.40. The number of fused-ring (bicyclic) bond motifs is 1. The molecule has 1 aliphatic carbocycles. The van der Waals surface area contributed by atoms with Gasteiger partial charge in [-0.3, -0.25) is 4.79 Å². The number of hydrogen-bond acceptors (Lipinski definition) is 4. The lowest BCUT2D eigenvalue weighted by atomic mass is 9.94. The van der Waals surface area contributed by atoms with E-state index in [1.807, 2.05) is 23.1 Å². The fourth-order valence-electron chi connectivity index (χ4n) is 3.40. The van der Waals surface area contributed by atoms with E-state index in [-0.39, 0.29) is 12.5 Å². The highest BCUT2D eigenvalue weighted by Crippen LogP contribution is 2.25. The number of para-hydroxylation sites is 1. The van der Waals surface area contributed by atoms with Crippen molar-refractivity contribution in [1.29, 1.82) is 0 Å². The van der Waals surface area contributed by atoms with Crippen LogP contribution in [0.4, 0.5) is 0 Å².